The standard InChI is InChI=1S/C10H7BrF3N3OS/c11-6-2-1-3-17-7(6)4-5(8(15)16-18)9(17)19-10(12,13)14/h1-4,18H,(H2,15,16). The molecule has 3 N–H and O–H groups in total. The van der Waals surface area contributed by atoms with Gasteiger partial charge in [0.05, 0.1) is 16.1 Å². The van der Waals surface area contributed by atoms with Gasteiger partial charge in [0.15, 0.2) is 5.84 Å². The first kappa shape index (κ1) is 14.1. The maximum atomic E-state index is 12.6. The monoisotopic (exact) mass is 353 g/mol. The summed E-state index contributed by atoms with van der Waals surface area (Å²) in [6.07, 6.45) is 1.47. The maximum absolute atomic E-state index is 12.6. The van der Waals surface area contributed by atoms with Crippen LogP contribution in [0, 0.1) is 0 Å². The largest absolute Gasteiger partial charge is 0.447 e. The summed E-state index contributed by atoms with van der Waals surface area (Å²) >= 11 is 2.93. The molecule has 0 spiro atoms. The SMILES string of the molecule is N/C(=N\O)c1cc2c(Br)cccn2c1SC(F)(F)F. The van der Waals surface area contributed by atoms with E-state index in [4.69, 9.17) is 10.9 Å². The van der Waals surface area contributed by atoms with Crippen LogP contribution < -0.4 is 5.73 Å². The Morgan fingerprint density at radius 2 is 2.16 bits per heavy atom. The van der Waals surface area contributed by atoms with Crippen LogP contribution in [0.5, 0.6) is 0 Å². The van der Waals surface area contributed by atoms with Gasteiger partial charge in [0.1, 0.15) is 0 Å². The number of pyridine rings is 1. The summed E-state index contributed by atoms with van der Waals surface area (Å²) in [6.45, 7) is 0. The second-order valence-electron chi connectivity index (χ2n) is 3.51. The first-order chi connectivity index (χ1) is 8.83. The molecule has 0 saturated heterocycles. The van der Waals surface area contributed by atoms with Gasteiger partial charge in [-0.05, 0) is 34.1 Å². The average molecular weight is 354 g/mol. The number of halogens is 4. The molecule has 4 nitrogen and oxygen atoms in total. The Labute approximate surface area is 118 Å². The van der Waals surface area contributed by atoms with Crippen molar-refractivity contribution in [1.82, 2.24) is 4.40 Å². The lowest BCUT2D eigenvalue weighted by Gasteiger charge is -2.08. The van der Waals surface area contributed by atoms with Crippen LogP contribution in [0.15, 0.2) is 39.1 Å². The van der Waals surface area contributed by atoms with E-state index in [0.29, 0.717) is 9.99 Å². The number of oxime groups is 1. The van der Waals surface area contributed by atoms with E-state index >= 15 is 0 Å². The molecule has 2 aromatic rings. The van der Waals surface area contributed by atoms with E-state index in [2.05, 4.69) is 21.1 Å². The number of alkyl halides is 3. The summed E-state index contributed by atoms with van der Waals surface area (Å²) in [5, 5.41) is 11.3. The van der Waals surface area contributed by atoms with Crippen LogP contribution in [-0.4, -0.2) is 21.0 Å². The molecule has 9 heteroatoms. The topological polar surface area (TPSA) is 63.0 Å². The van der Waals surface area contributed by atoms with Crippen LogP contribution >= 0.6 is 27.7 Å². The maximum Gasteiger partial charge on any atom is 0.447 e. The highest BCUT2D eigenvalue weighted by molar-refractivity contribution is 9.10. The van der Waals surface area contributed by atoms with Gasteiger partial charge in [-0.3, -0.25) is 0 Å². The molecular weight excluding hydrogens is 347 g/mol. The third-order valence-electron chi connectivity index (χ3n) is 2.31. The van der Waals surface area contributed by atoms with Crippen molar-refractivity contribution in [2.24, 2.45) is 10.9 Å². The van der Waals surface area contributed by atoms with Gasteiger partial charge in [-0.15, -0.1) is 0 Å². The zero-order valence-corrected chi connectivity index (χ0v) is 11.6. The predicted octanol–water partition coefficient (Wildman–Crippen LogP) is 3.41. The van der Waals surface area contributed by atoms with Crippen LogP contribution in [0.2, 0.25) is 0 Å². The first-order valence-electron chi connectivity index (χ1n) is 4.86. The van der Waals surface area contributed by atoms with Crippen LogP contribution in [0.3, 0.4) is 0 Å². The van der Waals surface area contributed by atoms with Crippen molar-refractivity contribution < 1.29 is 18.4 Å². The van der Waals surface area contributed by atoms with E-state index < -0.39 is 5.51 Å². The van der Waals surface area contributed by atoms with Gasteiger partial charge >= 0.3 is 5.51 Å². The minimum Gasteiger partial charge on any atom is -0.409 e. The third kappa shape index (κ3) is 2.81. The fraction of sp³-hybridized carbons (Fsp3) is 0.100. The highest BCUT2D eigenvalue weighted by Crippen LogP contribution is 2.40. The number of aromatic nitrogens is 1. The quantitative estimate of drug-likeness (QED) is 0.286. The van der Waals surface area contributed by atoms with Crippen molar-refractivity contribution >= 4 is 39.0 Å². The Kier molecular flexibility index (Phi) is 3.68. The number of rotatable bonds is 2. The summed E-state index contributed by atoms with van der Waals surface area (Å²) in [5.41, 5.74) is 1.47. The zero-order valence-electron chi connectivity index (χ0n) is 9.15. The molecule has 2 heterocycles. The van der Waals surface area contributed by atoms with Crippen molar-refractivity contribution in [1.29, 1.82) is 0 Å². The average Bonchev–Trinajstić information content (AvgIpc) is 2.67. The molecule has 102 valence electrons. The van der Waals surface area contributed by atoms with Crippen molar-refractivity contribution in [2.45, 2.75) is 10.5 Å². The van der Waals surface area contributed by atoms with E-state index in [0.717, 1.165) is 0 Å². The van der Waals surface area contributed by atoms with E-state index in [9.17, 15) is 13.2 Å². The molecule has 0 fully saturated rings. The van der Waals surface area contributed by atoms with Crippen LogP contribution in [0.1, 0.15) is 5.56 Å². The summed E-state index contributed by atoms with van der Waals surface area (Å²) in [6, 6.07) is 4.70. The molecule has 19 heavy (non-hydrogen) atoms. The number of nitrogens with zero attached hydrogens (tertiary/aromatic N) is 2. The second kappa shape index (κ2) is 4.97. The van der Waals surface area contributed by atoms with E-state index in [-0.39, 0.29) is 28.2 Å². The minimum atomic E-state index is -4.47. The normalized spacial score (nSPS) is 13.2. The lowest BCUT2D eigenvalue weighted by molar-refractivity contribution is -0.0329. The Balaban J connectivity index is 2.73. The van der Waals surface area contributed by atoms with Crippen LogP contribution in [0.25, 0.3) is 5.52 Å². The molecule has 0 amide bonds. The van der Waals surface area contributed by atoms with Crippen LogP contribution in [0.4, 0.5) is 13.2 Å². The van der Waals surface area contributed by atoms with E-state index in [1.807, 2.05) is 0 Å². The van der Waals surface area contributed by atoms with E-state index in [1.54, 1.807) is 12.1 Å². The zero-order chi connectivity index (χ0) is 14.2. The number of amidine groups is 1. The lowest BCUT2D eigenvalue weighted by atomic mass is 10.3. The molecule has 2 aromatic heterocycles. The third-order valence-corrected chi connectivity index (χ3v) is 3.82. The minimum absolute atomic E-state index is 0.0247. The Morgan fingerprint density at radius 3 is 2.74 bits per heavy atom. The first-order valence-corrected chi connectivity index (χ1v) is 6.47. The number of nitrogens with two attached hydrogens (primary N) is 1. The number of fused-ring (bicyclic) bond motifs is 1. The van der Waals surface area contributed by atoms with Gasteiger partial charge in [0.2, 0.25) is 0 Å². The summed E-state index contributed by atoms with van der Waals surface area (Å²) in [7, 11) is 0. The van der Waals surface area contributed by atoms with Gasteiger partial charge in [-0.25, -0.2) is 0 Å². The molecule has 0 atom stereocenters. The number of hydrogen-bond acceptors (Lipinski definition) is 3. The van der Waals surface area contributed by atoms with Crippen molar-refractivity contribution in [3.05, 3.63) is 34.4 Å². The summed E-state index contributed by atoms with van der Waals surface area (Å²) in [4.78, 5) is 0. The molecule has 0 aliphatic carbocycles. The molecular formula is C10H7BrF3N3OS. The smallest absolute Gasteiger partial charge is 0.409 e. The molecule has 0 radical (unpaired) electrons. The second-order valence-corrected chi connectivity index (χ2v) is 5.42. The van der Waals surface area contributed by atoms with Crippen molar-refractivity contribution in [3.8, 4) is 0 Å². The molecule has 0 aliphatic rings. The van der Waals surface area contributed by atoms with Gasteiger partial charge in [0.25, 0.3) is 0 Å². The molecule has 0 aliphatic heterocycles. The fourth-order valence-electron chi connectivity index (χ4n) is 1.59. The highest BCUT2D eigenvalue weighted by atomic mass is 79.9. The highest BCUT2D eigenvalue weighted by Gasteiger charge is 2.33. The van der Waals surface area contributed by atoms with E-state index in [1.165, 1.54) is 16.7 Å². The summed E-state index contributed by atoms with van der Waals surface area (Å²) < 4.78 is 39.7. The van der Waals surface area contributed by atoms with Gasteiger partial charge in [0, 0.05) is 22.4 Å². The molecule has 0 saturated carbocycles. The fourth-order valence-corrected chi connectivity index (χ4v) is 2.80. The van der Waals surface area contributed by atoms with Gasteiger partial charge in [-0.2, -0.15) is 13.2 Å². The van der Waals surface area contributed by atoms with Crippen LogP contribution in [-0.2, 0) is 0 Å². The van der Waals surface area contributed by atoms with Crippen molar-refractivity contribution in [3.63, 3.8) is 0 Å². The molecule has 2 rings (SSSR count). The molecule has 0 aromatic carbocycles. The molecule has 0 unspecified atom stereocenters. The Morgan fingerprint density at radius 1 is 1.47 bits per heavy atom. The number of thioether (sulfide) groups is 1. The lowest BCUT2D eigenvalue weighted by Crippen LogP contribution is -2.14. The van der Waals surface area contributed by atoms with Gasteiger partial charge < -0.3 is 15.3 Å². The molecule has 0 bridgehead atoms. The number of hydrogen-bond donors (Lipinski definition) is 2. The predicted molar refractivity (Wildman–Crippen MR) is 69.5 cm³/mol. The Hall–Kier alpha value is -1.35. The van der Waals surface area contributed by atoms with Crippen molar-refractivity contribution in [2.75, 3.05) is 0 Å². The summed E-state index contributed by atoms with van der Waals surface area (Å²) in [5.74, 6) is -0.373. The van der Waals surface area contributed by atoms with Gasteiger partial charge in [-0.1, -0.05) is 5.16 Å². The Bertz CT molecular complexity index is 653.